The van der Waals surface area contributed by atoms with Gasteiger partial charge in [0.15, 0.2) is 0 Å². The van der Waals surface area contributed by atoms with Crippen LogP contribution in [-0.2, 0) is 9.53 Å². The van der Waals surface area contributed by atoms with Gasteiger partial charge < -0.3 is 15.4 Å². The molecule has 2 unspecified atom stereocenters. The van der Waals surface area contributed by atoms with Crippen molar-refractivity contribution in [3.05, 3.63) is 35.9 Å². The molecule has 0 aliphatic carbocycles. The number of hydrogen-bond acceptors (Lipinski definition) is 3. The first-order valence-electron chi connectivity index (χ1n) is 6.70. The Morgan fingerprint density at radius 3 is 2.47 bits per heavy atom. The predicted octanol–water partition coefficient (Wildman–Crippen LogP) is 1.61. The Kier molecular flexibility index (Phi) is 6.53. The van der Waals surface area contributed by atoms with Crippen LogP contribution >= 0.6 is 0 Å². The van der Waals surface area contributed by atoms with Gasteiger partial charge in [-0.2, -0.15) is 0 Å². The maximum atomic E-state index is 12.6. The fraction of sp³-hybridized carbons (Fsp3) is 0.533. The third-order valence-corrected chi connectivity index (χ3v) is 3.30. The largest absolute Gasteiger partial charge is 0.383 e. The highest BCUT2D eigenvalue weighted by atomic mass is 16.5. The molecule has 1 aromatic rings. The number of likely N-dealkylation sites (N-methyl/N-ethyl adjacent to an activating group) is 1. The van der Waals surface area contributed by atoms with Crippen molar-refractivity contribution >= 4 is 5.91 Å². The minimum atomic E-state index is -0.277. The third kappa shape index (κ3) is 4.04. The summed E-state index contributed by atoms with van der Waals surface area (Å²) in [6.45, 7) is 5.48. The number of methoxy groups -OCH3 is 1. The summed E-state index contributed by atoms with van der Waals surface area (Å²) in [5.74, 6) is -0.207. The molecule has 2 N–H and O–H groups in total. The fourth-order valence-electron chi connectivity index (χ4n) is 2.28. The van der Waals surface area contributed by atoms with Gasteiger partial charge in [-0.1, -0.05) is 30.3 Å². The maximum absolute atomic E-state index is 12.6. The van der Waals surface area contributed by atoms with Crippen molar-refractivity contribution in [3.8, 4) is 0 Å². The highest BCUT2D eigenvalue weighted by Crippen LogP contribution is 2.18. The summed E-state index contributed by atoms with van der Waals surface area (Å²) in [6, 6.07) is 9.75. The summed E-state index contributed by atoms with van der Waals surface area (Å²) in [5.41, 5.74) is 6.76. The summed E-state index contributed by atoms with van der Waals surface area (Å²) >= 11 is 0. The highest BCUT2D eigenvalue weighted by Gasteiger charge is 2.26. The average Bonchev–Trinajstić information content (AvgIpc) is 2.42. The Balaban J connectivity index is 2.88. The molecule has 0 saturated carbocycles. The van der Waals surface area contributed by atoms with E-state index in [2.05, 4.69) is 0 Å². The molecule has 4 heteroatoms. The van der Waals surface area contributed by atoms with E-state index in [0.717, 1.165) is 5.56 Å². The Morgan fingerprint density at radius 1 is 1.37 bits per heavy atom. The van der Waals surface area contributed by atoms with Crippen LogP contribution in [0.2, 0.25) is 0 Å². The van der Waals surface area contributed by atoms with Gasteiger partial charge in [-0.05, 0) is 19.4 Å². The number of benzene rings is 1. The molecule has 106 valence electrons. The Bertz CT molecular complexity index is 381. The van der Waals surface area contributed by atoms with Crippen LogP contribution in [-0.4, -0.2) is 43.7 Å². The molecule has 0 heterocycles. The molecule has 1 aromatic carbocycles. The second-order valence-corrected chi connectivity index (χ2v) is 4.63. The zero-order valence-corrected chi connectivity index (χ0v) is 12.0. The van der Waals surface area contributed by atoms with Crippen molar-refractivity contribution in [2.75, 3.05) is 26.8 Å². The van der Waals surface area contributed by atoms with Gasteiger partial charge in [-0.25, -0.2) is 0 Å². The van der Waals surface area contributed by atoms with E-state index in [9.17, 15) is 4.79 Å². The Labute approximate surface area is 115 Å². The van der Waals surface area contributed by atoms with Crippen molar-refractivity contribution < 1.29 is 9.53 Å². The van der Waals surface area contributed by atoms with Gasteiger partial charge in [0, 0.05) is 20.2 Å². The van der Waals surface area contributed by atoms with Crippen LogP contribution in [0.15, 0.2) is 30.3 Å². The Morgan fingerprint density at radius 2 is 2.00 bits per heavy atom. The summed E-state index contributed by atoms with van der Waals surface area (Å²) < 4.78 is 5.13. The van der Waals surface area contributed by atoms with Gasteiger partial charge in [0.05, 0.1) is 18.6 Å². The van der Waals surface area contributed by atoms with Gasteiger partial charge in [-0.15, -0.1) is 0 Å². The maximum Gasteiger partial charge on any atom is 0.231 e. The molecule has 0 aromatic heterocycles. The van der Waals surface area contributed by atoms with Crippen molar-refractivity contribution in [3.63, 3.8) is 0 Å². The predicted molar refractivity (Wildman–Crippen MR) is 77.0 cm³/mol. The minimum absolute atomic E-state index is 0.0558. The standard InChI is InChI=1S/C15H24N2O2/c1-4-17(12(2)11-19-3)15(18)14(10-16)13-8-6-5-7-9-13/h5-9,12,14H,4,10-11,16H2,1-3H3. The lowest BCUT2D eigenvalue weighted by molar-refractivity contribution is -0.135. The second-order valence-electron chi connectivity index (χ2n) is 4.63. The van der Waals surface area contributed by atoms with Gasteiger partial charge in [0.1, 0.15) is 0 Å². The lowest BCUT2D eigenvalue weighted by Gasteiger charge is -2.31. The third-order valence-electron chi connectivity index (χ3n) is 3.30. The molecule has 0 saturated heterocycles. The van der Waals surface area contributed by atoms with Crippen LogP contribution in [0.25, 0.3) is 0 Å². The van der Waals surface area contributed by atoms with Crippen LogP contribution in [0.1, 0.15) is 25.3 Å². The number of rotatable bonds is 7. The Hall–Kier alpha value is -1.39. The monoisotopic (exact) mass is 264 g/mol. The van der Waals surface area contributed by atoms with E-state index in [0.29, 0.717) is 19.7 Å². The number of carbonyl (C=O) groups excluding carboxylic acids is 1. The molecular weight excluding hydrogens is 240 g/mol. The molecule has 19 heavy (non-hydrogen) atoms. The van der Waals surface area contributed by atoms with Crippen LogP contribution in [0, 0.1) is 0 Å². The van der Waals surface area contributed by atoms with Crippen molar-refractivity contribution in [2.24, 2.45) is 5.73 Å². The van der Waals surface area contributed by atoms with Gasteiger partial charge in [-0.3, -0.25) is 4.79 Å². The van der Waals surface area contributed by atoms with Gasteiger partial charge in [0.25, 0.3) is 0 Å². The molecule has 0 spiro atoms. The van der Waals surface area contributed by atoms with Crippen LogP contribution < -0.4 is 5.73 Å². The van der Waals surface area contributed by atoms with Crippen molar-refractivity contribution in [1.29, 1.82) is 0 Å². The number of hydrogen-bond donors (Lipinski definition) is 1. The quantitative estimate of drug-likeness (QED) is 0.814. The number of nitrogens with two attached hydrogens (primary N) is 1. The van der Waals surface area contributed by atoms with Crippen LogP contribution in [0.3, 0.4) is 0 Å². The van der Waals surface area contributed by atoms with Gasteiger partial charge >= 0.3 is 0 Å². The summed E-state index contributed by atoms with van der Waals surface area (Å²) in [6.07, 6.45) is 0. The van der Waals surface area contributed by atoms with Crippen LogP contribution in [0.5, 0.6) is 0 Å². The molecule has 0 aliphatic rings. The number of nitrogens with zero attached hydrogens (tertiary/aromatic N) is 1. The second kappa shape index (κ2) is 7.92. The van der Waals surface area contributed by atoms with Crippen molar-refractivity contribution in [2.45, 2.75) is 25.8 Å². The first-order valence-corrected chi connectivity index (χ1v) is 6.70. The molecule has 0 fully saturated rings. The van der Waals surface area contributed by atoms with E-state index in [1.165, 1.54) is 0 Å². The van der Waals surface area contributed by atoms with Crippen molar-refractivity contribution in [1.82, 2.24) is 4.90 Å². The molecule has 2 atom stereocenters. The molecule has 0 bridgehead atoms. The molecule has 4 nitrogen and oxygen atoms in total. The smallest absolute Gasteiger partial charge is 0.231 e. The van der Waals surface area contributed by atoms with E-state index < -0.39 is 0 Å². The molecular formula is C15H24N2O2. The topological polar surface area (TPSA) is 55.6 Å². The van der Waals surface area contributed by atoms with E-state index >= 15 is 0 Å². The zero-order valence-electron chi connectivity index (χ0n) is 12.0. The first-order chi connectivity index (χ1) is 9.15. The average molecular weight is 264 g/mol. The number of amides is 1. The van der Waals surface area contributed by atoms with E-state index in [-0.39, 0.29) is 17.9 Å². The SMILES string of the molecule is CCN(C(=O)C(CN)c1ccccc1)C(C)COC. The van der Waals surface area contributed by atoms with E-state index in [1.807, 2.05) is 49.1 Å². The molecule has 0 radical (unpaired) electrons. The van der Waals surface area contributed by atoms with Crippen LogP contribution in [0.4, 0.5) is 0 Å². The highest BCUT2D eigenvalue weighted by molar-refractivity contribution is 5.84. The van der Waals surface area contributed by atoms with E-state index in [1.54, 1.807) is 7.11 Å². The van der Waals surface area contributed by atoms with Gasteiger partial charge in [0.2, 0.25) is 5.91 Å². The number of ether oxygens (including phenoxy) is 1. The summed E-state index contributed by atoms with van der Waals surface area (Å²) in [4.78, 5) is 14.4. The lowest BCUT2D eigenvalue weighted by atomic mass is 9.97. The molecule has 1 amide bonds. The first kappa shape index (κ1) is 15.7. The summed E-state index contributed by atoms with van der Waals surface area (Å²) in [5, 5.41) is 0. The lowest BCUT2D eigenvalue weighted by Crippen LogP contribution is -2.44. The molecule has 0 aliphatic heterocycles. The zero-order chi connectivity index (χ0) is 14.3. The summed E-state index contributed by atoms with van der Waals surface area (Å²) in [7, 11) is 1.65. The fourth-order valence-corrected chi connectivity index (χ4v) is 2.28. The number of carbonyl (C=O) groups is 1. The normalized spacial score (nSPS) is 13.9. The minimum Gasteiger partial charge on any atom is -0.383 e. The molecule has 1 rings (SSSR count). The van der Waals surface area contributed by atoms with E-state index in [4.69, 9.17) is 10.5 Å².